The van der Waals surface area contributed by atoms with Crippen LogP contribution in [0.25, 0.3) is 0 Å². The van der Waals surface area contributed by atoms with Crippen LogP contribution in [-0.4, -0.2) is 28.5 Å². The highest BCUT2D eigenvalue weighted by Crippen LogP contribution is 2.34. The third-order valence-corrected chi connectivity index (χ3v) is 4.49. The van der Waals surface area contributed by atoms with Crippen LogP contribution in [0.1, 0.15) is 0 Å². The van der Waals surface area contributed by atoms with Gasteiger partial charge >= 0.3 is 7.32 Å². The van der Waals surface area contributed by atoms with Crippen molar-refractivity contribution in [2.75, 3.05) is 21.1 Å². The molecule has 3 rings (SSSR count). The summed E-state index contributed by atoms with van der Waals surface area (Å²) in [5, 5.41) is 0. The molecule has 0 aromatic heterocycles. The number of quaternary nitrogens is 1. The van der Waals surface area contributed by atoms with Crippen LogP contribution in [0.3, 0.4) is 0 Å². The normalized spacial score (nSPS) is 11.4. The van der Waals surface area contributed by atoms with Crippen molar-refractivity contribution in [3.8, 4) is 17.2 Å². The number of rotatable bonds is 7. The van der Waals surface area contributed by atoms with Gasteiger partial charge in [0.05, 0.1) is 21.1 Å². The van der Waals surface area contributed by atoms with Crippen molar-refractivity contribution in [1.82, 2.24) is 4.48 Å². The van der Waals surface area contributed by atoms with Gasteiger partial charge in [0.25, 0.3) is 0 Å². The van der Waals surface area contributed by atoms with E-state index in [2.05, 4.69) is 0 Å². The van der Waals surface area contributed by atoms with Crippen molar-refractivity contribution in [2.45, 2.75) is 0 Å². The number of benzene rings is 3. The van der Waals surface area contributed by atoms with E-state index >= 15 is 0 Å². The standard InChI is InChI=1S/C21H14BF9NO3/c1-32(2,3)11-8-14(20(30)21(31)17(11)27)35-22(33-12-6-4-9(23)15(25)18(12)28)34-13-7-5-10(24)16(26)19(13)29/h4-8H,1-3H3/q+1. The monoisotopic (exact) mass is 510 g/mol. The molecule has 0 saturated carbocycles. The van der Waals surface area contributed by atoms with Crippen molar-refractivity contribution in [2.24, 2.45) is 0 Å². The highest BCUT2D eigenvalue weighted by atomic mass is 19.2. The summed E-state index contributed by atoms with van der Waals surface area (Å²) < 4.78 is 139. The lowest BCUT2D eigenvalue weighted by Crippen LogP contribution is -2.39. The minimum Gasteiger partial charge on any atom is -0.487 e. The highest BCUT2D eigenvalue weighted by Gasteiger charge is 2.37. The molecule has 0 aliphatic carbocycles. The zero-order chi connectivity index (χ0) is 26.2. The van der Waals surface area contributed by atoms with Crippen LogP contribution in [0, 0.1) is 52.4 Å². The van der Waals surface area contributed by atoms with Gasteiger partial charge in [0.2, 0.25) is 29.1 Å². The number of hydrogen-bond acceptors (Lipinski definition) is 3. The van der Waals surface area contributed by atoms with Crippen LogP contribution in [-0.2, 0) is 0 Å². The zero-order valence-electron chi connectivity index (χ0n) is 18.0. The van der Waals surface area contributed by atoms with Gasteiger partial charge in [0, 0.05) is 6.07 Å². The van der Waals surface area contributed by atoms with Gasteiger partial charge in [-0.2, -0.15) is 17.6 Å². The highest BCUT2D eigenvalue weighted by molar-refractivity contribution is 6.39. The molecule has 0 spiro atoms. The van der Waals surface area contributed by atoms with Crippen molar-refractivity contribution < 1.29 is 53.5 Å². The Kier molecular flexibility index (Phi) is 7.15. The summed E-state index contributed by atoms with van der Waals surface area (Å²) >= 11 is 0. The Morgan fingerprint density at radius 3 is 1.34 bits per heavy atom. The average Bonchev–Trinajstić information content (AvgIpc) is 2.79. The molecule has 0 unspecified atom stereocenters. The molecule has 186 valence electrons. The fourth-order valence-corrected chi connectivity index (χ4v) is 2.72. The first kappa shape index (κ1) is 26.1. The van der Waals surface area contributed by atoms with Crippen LogP contribution in [0.2, 0.25) is 0 Å². The van der Waals surface area contributed by atoms with Crippen LogP contribution in [0.5, 0.6) is 17.2 Å². The summed E-state index contributed by atoms with van der Waals surface area (Å²) in [5.41, 5.74) is -0.448. The van der Waals surface area contributed by atoms with Gasteiger partial charge in [-0.25, -0.2) is 22.0 Å². The molecule has 0 heterocycles. The summed E-state index contributed by atoms with van der Waals surface area (Å²) in [6.45, 7) is 0. The Morgan fingerprint density at radius 2 is 0.914 bits per heavy atom. The molecule has 14 heteroatoms. The molecule has 35 heavy (non-hydrogen) atoms. The quantitative estimate of drug-likeness (QED) is 0.178. The molecule has 0 N–H and O–H groups in total. The van der Waals surface area contributed by atoms with E-state index in [1.165, 1.54) is 21.1 Å². The first-order chi connectivity index (χ1) is 16.2. The lowest BCUT2D eigenvalue weighted by molar-refractivity contribution is 0.277. The van der Waals surface area contributed by atoms with E-state index in [4.69, 9.17) is 14.0 Å². The number of nitrogens with zero attached hydrogens (tertiary/aromatic N) is 1. The average molecular weight is 510 g/mol. The Labute approximate surface area is 192 Å². The number of halogens is 9. The second-order valence-corrected chi connectivity index (χ2v) is 7.84. The van der Waals surface area contributed by atoms with Crippen molar-refractivity contribution >= 4 is 13.0 Å². The Hall–Kier alpha value is -3.55. The smallest absolute Gasteiger partial charge is 0.487 e. The zero-order valence-corrected chi connectivity index (χ0v) is 18.0. The van der Waals surface area contributed by atoms with Crippen LogP contribution in [0.4, 0.5) is 45.2 Å². The third kappa shape index (κ3) is 5.26. The van der Waals surface area contributed by atoms with Crippen LogP contribution < -0.4 is 18.4 Å². The van der Waals surface area contributed by atoms with Gasteiger partial charge in [-0.1, -0.05) is 0 Å². The molecule has 0 bridgehead atoms. The van der Waals surface area contributed by atoms with Gasteiger partial charge in [-0.05, 0) is 24.3 Å². The topological polar surface area (TPSA) is 27.7 Å². The molecular weight excluding hydrogens is 496 g/mol. The fraction of sp³-hybridized carbons (Fsp3) is 0.143. The second kappa shape index (κ2) is 9.60. The number of hydrogen-bond donors (Lipinski definition) is 0. The summed E-state index contributed by atoms with van der Waals surface area (Å²) in [6, 6.07) is 2.63. The van der Waals surface area contributed by atoms with Crippen LogP contribution in [0.15, 0.2) is 30.3 Å². The Bertz CT molecular complexity index is 1220. The fourth-order valence-electron chi connectivity index (χ4n) is 2.72. The van der Waals surface area contributed by atoms with Gasteiger partial charge in [0.15, 0.2) is 34.7 Å². The molecule has 0 aliphatic rings. The minimum absolute atomic E-state index is 0.388. The van der Waals surface area contributed by atoms with Gasteiger partial charge in [-0.15, -0.1) is 0 Å². The Morgan fingerprint density at radius 1 is 0.514 bits per heavy atom. The predicted molar refractivity (Wildman–Crippen MR) is 106 cm³/mol. The van der Waals surface area contributed by atoms with E-state index in [1.807, 2.05) is 0 Å². The predicted octanol–water partition coefficient (Wildman–Crippen LogP) is 5.66. The van der Waals surface area contributed by atoms with E-state index in [0.717, 1.165) is 0 Å². The lowest BCUT2D eigenvalue weighted by atomic mass is 10.1. The second-order valence-electron chi connectivity index (χ2n) is 7.84. The van der Waals surface area contributed by atoms with Crippen molar-refractivity contribution in [3.63, 3.8) is 0 Å². The largest absolute Gasteiger partial charge is 0.864 e. The first-order valence-electron chi connectivity index (χ1n) is 9.48. The molecule has 4 nitrogen and oxygen atoms in total. The summed E-state index contributed by atoms with van der Waals surface area (Å²) in [6.07, 6.45) is 0. The van der Waals surface area contributed by atoms with Crippen molar-refractivity contribution in [3.05, 3.63) is 82.7 Å². The molecule has 0 amide bonds. The van der Waals surface area contributed by atoms with Gasteiger partial charge in [-0.3, -0.25) is 4.48 Å². The third-order valence-electron chi connectivity index (χ3n) is 4.49. The summed E-state index contributed by atoms with van der Waals surface area (Å²) in [4.78, 5) is 0. The molecular formula is C21H14BF9NO3+. The van der Waals surface area contributed by atoms with E-state index in [0.29, 0.717) is 30.3 Å². The lowest BCUT2D eigenvalue weighted by Gasteiger charge is -2.25. The van der Waals surface area contributed by atoms with Crippen molar-refractivity contribution in [1.29, 1.82) is 0 Å². The van der Waals surface area contributed by atoms with E-state index in [1.54, 1.807) is 0 Å². The SMILES string of the molecule is C[N+](C)(C)c1cc(OB(Oc2ccc(F)c(F)c2F)Oc2ccc(F)c(F)c2F)c(F)c(F)c1F. The maximum Gasteiger partial charge on any atom is 0.864 e. The first-order valence-corrected chi connectivity index (χ1v) is 9.48. The molecule has 3 aromatic carbocycles. The van der Waals surface area contributed by atoms with E-state index in [9.17, 15) is 39.5 Å². The maximum absolute atomic E-state index is 14.4. The maximum atomic E-state index is 14.4. The summed E-state index contributed by atoms with van der Waals surface area (Å²) in [7, 11) is 1.62. The molecule has 0 atom stereocenters. The molecule has 0 fully saturated rings. The molecule has 3 aromatic rings. The van der Waals surface area contributed by atoms with E-state index < -0.39 is 82.6 Å². The summed E-state index contributed by atoms with van der Waals surface area (Å²) in [5.74, 6) is -19.8. The van der Waals surface area contributed by atoms with Gasteiger partial charge < -0.3 is 14.0 Å². The van der Waals surface area contributed by atoms with E-state index in [-0.39, 0.29) is 4.48 Å². The van der Waals surface area contributed by atoms with Gasteiger partial charge in [0.1, 0.15) is 11.5 Å². The Balaban J connectivity index is 2.08. The molecule has 0 saturated heterocycles. The molecule has 0 radical (unpaired) electrons. The minimum atomic E-state index is -2.53. The van der Waals surface area contributed by atoms with Crippen LogP contribution >= 0.6 is 0 Å². The molecule has 0 aliphatic heterocycles.